The van der Waals surface area contributed by atoms with Crippen molar-refractivity contribution in [3.8, 4) is 5.69 Å². The largest absolute Gasteiger partial charge is 0.361 e. The number of amides is 1. The smallest absolute Gasteiger partial charge is 0.254 e. The first-order valence-electron chi connectivity index (χ1n) is 9.02. The fourth-order valence-electron chi connectivity index (χ4n) is 3.65. The van der Waals surface area contributed by atoms with Crippen molar-refractivity contribution < 1.29 is 9.32 Å². The SMILES string of the molecule is Cc1cc([C@H]2CCCN2C(=O)c2ccc(-n3nc(C)c(Br)c3C)cc2)no1. The average molecular weight is 429 g/mol. The third-order valence-corrected chi connectivity index (χ3v) is 6.21. The molecule has 7 heteroatoms. The molecular weight excluding hydrogens is 408 g/mol. The van der Waals surface area contributed by atoms with Gasteiger partial charge in [0.25, 0.3) is 5.91 Å². The molecule has 1 fully saturated rings. The normalized spacial score (nSPS) is 16.9. The third kappa shape index (κ3) is 3.20. The lowest BCUT2D eigenvalue weighted by Gasteiger charge is -2.23. The molecule has 0 saturated carbocycles. The van der Waals surface area contributed by atoms with Gasteiger partial charge in [-0.25, -0.2) is 4.68 Å². The van der Waals surface area contributed by atoms with E-state index in [2.05, 4.69) is 26.2 Å². The number of aryl methyl sites for hydroxylation is 2. The molecule has 1 atom stereocenters. The second-order valence-corrected chi connectivity index (χ2v) is 7.76. The molecule has 0 radical (unpaired) electrons. The van der Waals surface area contributed by atoms with Gasteiger partial charge < -0.3 is 9.42 Å². The van der Waals surface area contributed by atoms with Crippen molar-refractivity contribution in [2.75, 3.05) is 6.54 Å². The van der Waals surface area contributed by atoms with E-state index in [0.717, 1.165) is 52.4 Å². The topological polar surface area (TPSA) is 64.2 Å². The second kappa shape index (κ2) is 6.96. The van der Waals surface area contributed by atoms with Crippen molar-refractivity contribution in [3.63, 3.8) is 0 Å². The number of benzene rings is 1. The highest BCUT2D eigenvalue weighted by Gasteiger charge is 2.32. The van der Waals surface area contributed by atoms with Crippen LogP contribution in [0.1, 0.15) is 52.1 Å². The Balaban J connectivity index is 1.58. The lowest BCUT2D eigenvalue weighted by Crippen LogP contribution is -2.30. The van der Waals surface area contributed by atoms with E-state index < -0.39 is 0 Å². The first-order valence-corrected chi connectivity index (χ1v) is 9.81. The maximum Gasteiger partial charge on any atom is 0.254 e. The van der Waals surface area contributed by atoms with Gasteiger partial charge >= 0.3 is 0 Å². The summed E-state index contributed by atoms with van der Waals surface area (Å²) in [6, 6.07) is 9.51. The zero-order chi connectivity index (χ0) is 19.1. The van der Waals surface area contributed by atoms with Crippen molar-refractivity contribution in [1.29, 1.82) is 0 Å². The van der Waals surface area contributed by atoms with Crippen LogP contribution in [0.25, 0.3) is 5.69 Å². The number of hydrogen-bond donors (Lipinski definition) is 0. The summed E-state index contributed by atoms with van der Waals surface area (Å²) in [5.41, 5.74) is 4.42. The van der Waals surface area contributed by atoms with E-state index in [0.29, 0.717) is 5.56 Å². The zero-order valence-corrected chi connectivity index (χ0v) is 17.2. The highest BCUT2D eigenvalue weighted by atomic mass is 79.9. The summed E-state index contributed by atoms with van der Waals surface area (Å²) in [7, 11) is 0. The standard InChI is InChI=1S/C20H21BrN4O2/c1-12-11-17(23-27-12)18-5-4-10-24(18)20(26)15-6-8-16(9-7-15)25-14(3)19(21)13(2)22-25/h6-9,11,18H,4-5,10H2,1-3H3/t18-/m1/s1. The number of hydrogen-bond acceptors (Lipinski definition) is 4. The first-order chi connectivity index (χ1) is 13.0. The Kier molecular flexibility index (Phi) is 4.63. The van der Waals surface area contributed by atoms with Crippen LogP contribution in [0.5, 0.6) is 0 Å². The van der Waals surface area contributed by atoms with E-state index in [1.165, 1.54) is 0 Å². The summed E-state index contributed by atoms with van der Waals surface area (Å²) in [6.45, 7) is 6.58. The lowest BCUT2D eigenvalue weighted by molar-refractivity contribution is 0.0731. The highest BCUT2D eigenvalue weighted by molar-refractivity contribution is 9.10. The van der Waals surface area contributed by atoms with E-state index in [-0.39, 0.29) is 11.9 Å². The molecule has 1 aromatic carbocycles. The van der Waals surface area contributed by atoms with E-state index in [1.807, 2.05) is 60.7 Å². The molecule has 0 bridgehead atoms. The summed E-state index contributed by atoms with van der Waals surface area (Å²) in [6.07, 6.45) is 1.88. The fourth-order valence-corrected chi connectivity index (χ4v) is 3.89. The minimum absolute atomic E-state index is 0.0124. The Morgan fingerprint density at radius 3 is 2.56 bits per heavy atom. The zero-order valence-electron chi connectivity index (χ0n) is 15.6. The summed E-state index contributed by atoms with van der Waals surface area (Å²) in [5.74, 6) is 0.795. The molecule has 2 aromatic heterocycles. The van der Waals surface area contributed by atoms with Crippen LogP contribution in [0.2, 0.25) is 0 Å². The number of aromatic nitrogens is 3. The molecular formula is C20H21BrN4O2. The molecule has 27 heavy (non-hydrogen) atoms. The molecule has 1 saturated heterocycles. The predicted octanol–water partition coefficient (Wildman–Crippen LogP) is 4.53. The maximum atomic E-state index is 13.0. The minimum Gasteiger partial charge on any atom is -0.361 e. The molecule has 1 aliphatic rings. The molecule has 3 heterocycles. The van der Waals surface area contributed by atoms with Crippen molar-refractivity contribution >= 4 is 21.8 Å². The Labute approximate surface area is 166 Å². The van der Waals surface area contributed by atoms with Gasteiger partial charge in [0.05, 0.1) is 27.6 Å². The number of carbonyl (C=O) groups excluding carboxylic acids is 1. The van der Waals surface area contributed by atoms with Crippen LogP contribution in [0, 0.1) is 20.8 Å². The lowest BCUT2D eigenvalue weighted by atomic mass is 10.1. The van der Waals surface area contributed by atoms with Gasteiger partial charge in [-0.05, 0) is 73.8 Å². The molecule has 0 unspecified atom stereocenters. The Bertz CT molecular complexity index is 990. The first kappa shape index (κ1) is 18.0. The Morgan fingerprint density at radius 2 is 1.96 bits per heavy atom. The second-order valence-electron chi connectivity index (χ2n) is 6.96. The molecule has 1 amide bonds. The number of likely N-dealkylation sites (tertiary alicyclic amines) is 1. The van der Waals surface area contributed by atoms with Crippen molar-refractivity contribution in [2.45, 2.75) is 39.7 Å². The molecule has 140 valence electrons. The summed E-state index contributed by atoms with van der Waals surface area (Å²) < 4.78 is 8.08. The highest BCUT2D eigenvalue weighted by Crippen LogP contribution is 2.33. The van der Waals surface area contributed by atoms with Gasteiger partial charge in [-0.3, -0.25) is 4.79 Å². The van der Waals surface area contributed by atoms with Gasteiger partial charge in [-0.2, -0.15) is 5.10 Å². The van der Waals surface area contributed by atoms with E-state index in [1.54, 1.807) is 0 Å². The van der Waals surface area contributed by atoms with Gasteiger partial charge in [-0.1, -0.05) is 5.16 Å². The number of halogens is 1. The number of nitrogens with zero attached hydrogens (tertiary/aromatic N) is 4. The van der Waals surface area contributed by atoms with Crippen LogP contribution in [0.15, 0.2) is 39.3 Å². The van der Waals surface area contributed by atoms with Gasteiger partial charge in [0.2, 0.25) is 0 Å². The minimum atomic E-state index is -0.0124. The van der Waals surface area contributed by atoms with Gasteiger partial charge in [0.1, 0.15) is 11.5 Å². The number of carbonyl (C=O) groups is 1. The quantitative estimate of drug-likeness (QED) is 0.614. The van der Waals surface area contributed by atoms with Gasteiger partial charge in [-0.15, -0.1) is 0 Å². The molecule has 3 aromatic rings. The fraction of sp³-hybridized carbons (Fsp3) is 0.350. The third-order valence-electron chi connectivity index (χ3n) is 5.06. The van der Waals surface area contributed by atoms with E-state index >= 15 is 0 Å². The molecule has 6 nitrogen and oxygen atoms in total. The Hall–Kier alpha value is -2.41. The molecule has 0 N–H and O–H groups in total. The van der Waals surface area contributed by atoms with Gasteiger partial charge in [0, 0.05) is 18.2 Å². The van der Waals surface area contributed by atoms with Crippen LogP contribution in [-0.2, 0) is 0 Å². The summed E-state index contributed by atoms with van der Waals surface area (Å²) in [4.78, 5) is 14.9. The van der Waals surface area contributed by atoms with Crippen LogP contribution < -0.4 is 0 Å². The molecule has 0 spiro atoms. The van der Waals surface area contributed by atoms with E-state index in [9.17, 15) is 4.79 Å². The number of rotatable bonds is 3. The molecule has 4 rings (SSSR count). The Morgan fingerprint density at radius 1 is 1.22 bits per heavy atom. The molecule has 1 aliphatic heterocycles. The van der Waals surface area contributed by atoms with E-state index in [4.69, 9.17) is 4.52 Å². The summed E-state index contributed by atoms with van der Waals surface area (Å²) in [5, 5.41) is 8.65. The van der Waals surface area contributed by atoms with Crippen molar-refractivity contribution in [1.82, 2.24) is 19.8 Å². The van der Waals surface area contributed by atoms with Crippen molar-refractivity contribution in [3.05, 3.63) is 63.2 Å². The van der Waals surface area contributed by atoms with Crippen molar-refractivity contribution in [2.24, 2.45) is 0 Å². The summed E-state index contributed by atoms with van der Waals surface area (Å²) >= 11 is 3.55. The predicted molar refractivity (Wildman–Crippen MR) is 105 cm³/mol. The van der Waals surface area contributed by atoms with Crippen LogP contribution >= 0.6 is 15.9 Å². The van der Waals surface area contributed by atoms with Crippen LogP contribution in [0.3, 0.4) is 0 Å². The molecule has 0 aliphatic carbocycles. The van der Waals surface area contributed by atoms with Crippen LogP contribution in [0.4, 0.5) is 0 Å². The maximum absolute atomic E-state index is 13.0. The van der Waals surface area contributed by atoms with Crippen LogP contribution in [-0.4, -0.2) is 32.3 Å². The average Bonchev–Trinajstić information content (AvgIpc) is 3.38. The monoisotopic (exact) mass is 428 g/mol. The van der Waals surface area contributed by atoms with Gasteiger partial charge in [0.15, 0.2) is 0 Å².